The van der Waals surface area contributed by atoms with E-state index in [9.17, 15) is 4.79 Å². The molecule has 0 saturated carbocycles. The fourth-order valence-corrected chi connectivity index (χ4v) is 3.75. The van der Waals surface area contributed by atoms with E-state index in [2.05, 4.69) is 36.5 Å². The van der Waals surface area contributed by atoms with Crippen LogP contribution in [0.4, 0.5) is 5.69 Å². The largest absolute Gasteiger partial charge is 0.481 e. The van der Waals surface area contributed by atoms with Crippen molar-refractivity contribution in [3.05, 3.63) is 71.3 Å². The minimum absolute atomic E-state index is 0.130. The van der Waals surface area contributed by atoms with Crippen molar-refractivity contribution in [1.29, 1.82) is 0 Å². The van der Waals surface area contributed by atoms with E-state index < -0.39 is 6.10 Å². The quantitative estimate of drug-likeness (QED) is 0.714. The number of carbonyl (C=O) groups excluding carboxylic acids is 1. The predicted molar refractivity (Wildman–Crippen MR) is 106 cm³/mol. The van der Waals surface area contributed by atoms with Crippen LogP contribution in [0.25, 0.3) is 10.8 Å². The lowest BCUT2D eigenvalue weighted by atomic mass is 10.0. The maximum atomic E-state index is 12.7. The van der Waals surface area contributed by atoms with E-state index in [1.54, 1.807) is 6.92 Å². The number of rotatable bonds is 5. The molecule has 0 aliphatic heterocycles. The third-order valence-corrected chi connectivity index (χ3v) is 5.16. The van der Waals surface area contributed by atoms with Gasteiger partial charge in [-0.25, -0.2) is 0 Å². The van der Waals surface area contributed by atoms with Gasteiger partial charge in [-0.05, 0) is 60.4 Å². The number of anilines is 1. The van der Waals surface area contributed by atoms with Crippen molar-refractivity contribution in [3.8, 4) is 5.75 Å². The summed E-state index contributed by atoms with van der Waals surface area (Å²) in [6.07, 6.45) is 2.47. The number of aryl methyl sites for hydroxylation is 3. The van der Waals surface area contributed by atoms with Gasteiger partial charge in [0.05, 0.1) is 0 Å². The molecule has 3 heteroatoms. The van der Waals surface area contributed by atoms with Crippen LogP contribution < -0.4 is 10.1 Å². The van der Waals surface area contributed by atoms with E-state index in [-0.39, 0.29) is 5.91 Å². The molecule has 3 aromatic carbocycles. The first-order valence-corrected chi connectivity index (χ1v) is 9.26. The molecule has 0 unspecified atom stereocenters. The molecular formula is C23H23NO2. The summed E-state index contributed by atoms with van der Waals surface area (Å²) >= 11 is 0. The normalized spacial score (nSPS) is 13.6. The predicted octanol–water partition coefficient (Wildman–Crippen LogP) is 4.91. The summed E-state index contributed by atoms with van der Waals surface area (Å²) in [5.74, 6) is 0.646. The van der Waals surface area contributed by atoms with Crippen molar-refractivity contribution < 1.29 is 9.53 Å². The van der Waals surface area contributed by atoms with Crippen molar-refractivity contribution in [2.45, 2.75) is 39.2 Å². The van der Waals surface area contributed by atoms with E-state index in [0.29, 0.717) is 0 Å². The molecule has 3 nitrogen and oxygen atoms in total. The van der Waals surface area contributed by atoms with Crippen LogP contribution in [0.2, 0.25) is 0 Å². The molecule has 0 aromatic heterocycles. The Morgan fingerprint density at radius 2 is 1.81 bits per heavy atom. The molecule has 3 aromatic rings. The Morgan fingerprint density at radius 1 is 1.04 bits per heavy atom. The van der Waals surface area contributed by atoms with Gasteiger partial charge in [-0.2, -0.15) is 0 Å². The molecule has 1 amide bonds. The number of nitrogens with one attached hydrogen (secondary N) is 1. The van der Waals surface area contributed by atoms with Crippen molar-refractivity contribution in [2.24, 2.45) is 0 Å². The number of carbonyl (C=O) groups is 1. The SMILES string of the molecule is CCc1ccccc1O[C@H](C)C(=O)Nc1ccc2c3c(cccc13)CC2. The van der Waals surface area contributed by atoms with Gasteiger partial charge in [0.1, 0.15) is 5.75 Å². The second-order valence-electron chi connectivity index (χ2n) is 6.82. The van der Waals surface area contributed by atoms with E-state index in [4.69, 9.17) is 4.74 Å². The Bertz CT molecular complexity index is 967. The lowest BCUT2D eigenvalue weighted by molar-refractivity contribution is -0.122. The van der Waals surface area contributed by atoms with Crippen molar-refractivity contribution in [2.75, 3.05) is 5.32 Å². The number of hydrogen-bond donors (Lipinski definition) is 1. The maximum absolute atomic E-state index is 12.7. The smallest absolute Gasteiger partial charge is 0.265 e. The van der Waals surface area contributed by atoms with Crippen LogP contribution >= 0.6 is 0 Å². The van der Waals surface area contributed by atoms with Crippen molar-refractivity contribution in [3.63, 3.8) is 0 Å². The molecule has 1 aliphatic carbocycles. The molecule has 0 bridgehead atoms. The molecule has 1 N–H and O–H groups in total. The van der Waals surface area contributed by atoms with E-state index >= 15 is 0 Å². The van der Waals surface area contributed by atoms with Crippen LogP contribution in [0.3, 0.4) is 0 Å². The van der Waals surface area contributed by atoms with Gasteiger partial charge in [-0.1, -0.05) is 49.4 Å². The average Bonchev–Trinajstić information content (AvgIpc) is 3.09. The van der Waals surface area contributed by atoms with Gasteiger partial charge in [0.25, 0.3) is 5.91 Å². The van der Waals surface area contributed by atoms with E-state index in [1.165, 1.54) is 16.5 Å². The van der Waals surface area contributed by atoms with E-state index in [1.807, 2.05) is 30.3 Å². The van der Waals surface area contributed by atoms with Gasteiger partial charge in [0.15, 0.2) is 6.10 Å². The highest BCUT2D eigenvalue weighted by molar-refractivity contribution is 6.06. The third kappa shape index (κ3) is 2.94. The highest BCUT2D eigenvalue weighted by Gasteiger charge is 2.20. The zero-order chi connectivity index (χ0) is 18.1. The second kappa shape index (κ2) is 6.83. The van der Waals surface area contributed by atoms with Gasteiger partial charge in [-0.3, -0.25) is 4.79 Å². The Kier molecular flexibility index (Phi) is 4.37. The topological polar surface area (TPSA) is 38.3 Å². The number of amides is 1. The molecule has 0 saturated heterocycles. The molecule has 1 atom stereocenters. The summed E-state index contributed by atoms with van der Waals surface area (Å²) in [6.45, 7) is 3.88. The van der Waals surface area contributed by atoms with Gasteiger partial charge in [0, 0.05) is 11.1 Å². The van der Waals surface area contributed by atoms with Crippen LogP contribution in [0, 0.1) is 0 Å². The summed E-state index contributed by atoms with van der Waals surface area (Å²) in [5.41, 5.74) is 4.71. The molecule has 0 spiro atoms. The first-order valence-electron chi connectivity index (χ1n) is 9.26. The molecular weight excluding hydrogens is 322 g/mol. The van der Waals surface area contributed by atoms with Crippen LogP contribution in [0.1, 0.15) is 30.5 Å². The Balaban J connectivity index is 1.56. The summed E-state index contributed by atoms with van der Waals surface area (Å²) in [7, 11) is 0. The maximum Gasteiger partial charge on any atom is 0.265 e. The number of ether oxygens (including phenoxy) is 1. The van der Waals surface area contributed by atoms with Gasteiger partial charge in [-0.15, -0.1) is 0 Å². The van der Waals surface area contributed by atoms with Gasteiger partial charge < -0.3 is 10.1 Å². The summed E-state index contributed by atoms with van der Waals surface area (Å²) in [5, 5.41) is 5.48. The molecule has 0 heterocycles. The molecule has 0 fully saturated rings. The van der Waals surface area contributed by atoms with Crippen LogP contribution in [-0.4, -0.2) is 12.0 Å². The highest BCUT2D eigenvalue weighted by atomic mass is 16.5. The Labute approximate surface area is 154 Å². The van der Waals surface area contributed by atoms with Crippen LogP contribution in [-0.2, 0) is 24.1 Å². The molecule has 1 aliphatic rings. The summed E-state index contributed by atoms with van der Waals surface area (Å²) in [6, 6.07) is 18.3. The average molecular weight is 345 g/mol. The minimum Gasteiger partial charge on any atom is -0.481 e. The Morgan fingerprint density at radius 3 is 2.62 bits per heavy atom. The zero-order valence-corrected chi connectivity index (χ0v) is 15.2. The number of hydrogen-bond acceptors (Lipinski definition) is 2. The van der Waals surface area contributed by atoms with Crippen molar-refractivity contribution in [1.82, 2.24) is 0 Å². The fraction of sp³-hybridized carbons (Fsp3) is 0.261. The monoisotopic (exact) mass is 345 g/mol. The molecule has 4 rings (SSSR count). The highest BCUT2D eigenvalue weighted by Crippen LogP contribution is 2.35. The first-order chi connectivity index (χ1) is 12.7. The number of benzene rings is 3. The number of para-hydroxylation sites is 1. The molecule has 132 valence electrons. The standard InChI is InChI=1S/C23H23NO2/c1-3-16-7-4-5-10-21(16)26-15(2)23(25)24-20-14-13-18-12-11-17-8-6-9-19(20)22(17)18/h4-10,13-15H,3,11-12H2,1-2H3,(H,24,25)/t15-/m1/s1. The zero-order valence-electron chi connectivity index (χ0n) is 15.2. The summed E-state index contributed by atoms with van der Waals surface area (Å²) in [4.78, 5) is 12.7. The molecule has 26 heavy (non-hydrogen) atoms. The second-order valence-corrected chi connectivity index (χ2v) is 6.82. The van der Waals surface area contributed by atoms with Crippen molar-refractivity contribution >= 4 is 22.4 Å². The lowest BCUT2D eigenvalue weighted by Gasteiger charge is -2.18. The van der Waals surface area contributed by atoms with Crippen LogP contribution in [0.5, 0.6) is 5.75 Å². The lowest BCUT2D eigenvalue weighted by Crippen LogP contribution is -2.30. The van der Waals surface area contributed by atoms with E-state index in [0.717, 1.165) is 41.6 Å². The third-order valence-electron chi connectivity index (χ3n) is 5.16. The first kappa shape index (κ1) is 16.6. The minimum atomic E-state index is -0.564. The van der Waals surface area contributed by atoms with Gasteiger partial charge in [0.2, 0.25) is 0 Å². The fourth-order valence-electron chi connectivity index (χ4n) is 3.75. The molecule has 0 radical (unpaired) electrons. The Hall–Kier alpha value is -2.81. The van der Waals surface area contributed by atoms with Crippen LogP contribution in [0.15, 0.2) is 54.6 Å². The summed E-state index contributed by atoms with van der Waals surface area (Å²) < 4.78 is 5.93. The van der Waals surface area contributed by atoms with Gasteiger partial charge >= 0.3 is 0 Å².